The molecule has 3 rings (SSSR count). The van der Waals surface area contributed by atoms with Crippen LogP contribution in [-0.2, 0) is 15.6 Å². The Hall–Kier alpha value is -2.04. The second kappa shape index (κ2) is 13.2. The zero-order chi connectivity index (χ0) is 27.1. The van der Waals surface area contributed by atoms with Crippen LogP contribution in [0.5, 0.6) is 0 Å². The van der Waals surface area contributed by atoms with Crippen molar-refractivity contribution in [3.05, 3.63) is 47.5 Å². The van der Waals surface area contributed by atoms with Crippen molar-refractivity contribution in [3.8, 4) is 0 Å². The summed E-state index contributed by atoms with van der Waals surface area (Å²) in [5.41, 5.74) is 8.31. The first-order chi connectivity index (χ1) is 17.6. The minimum Gasteiger partial charge on any atom is -0.396 e. The fraction of sp³-hybridized carbons (Fsp3) is 0.636. The number of benzene rings is 2. The molecule has 1 heterocycles. The zero-order valence-electron chi connectivity index (χ0n) is 24.7. The maximum absolute atomic E-state index is 9.21. The van der Waals surface area contributed by atoms with Crippen molar-refractivity contribution in [2.45, 2.75) is 104 Å². The van der Waals surface area contributed by atoms with Crippen LogP contribution in [0.4, 0.5) is 22.7 Å². The number of hydrogen-bond donors (Lipinski definition) is 1. The lowest BCUT2D eigenvalue weighted by Crippen LogP contribution is -2.32. The van der Waals surface area contributed by atoms with E-state index in [0.29, 0.717) is 6.61 Å². The van der Waals surface area contributed by atoms with E-state index in [4.69, 9.17) is 4.74 Å². The number of ether oxygens (including phenoxy) is 1. The molecule has 0 saturated heterocycles. The van der Waals surface area contributed by atoms with Gasteiger partial charge in [0.1, 0.15) is 0 Å². The van der Waals surface area contributed by atoms with Crippen LogP contribution in [0.25, 0.3) is 0 Å². The normalized spacial score (nSPS) is 13.6. The van der Waals surface area contributed by atoms with E-state index in [-0.39, 0.29) is 10.8 Å². The highest BCUT2D eigenvalue weighted by molar-refractivity contribution is 5.93. The van der Waals surface area contributed by atoms with Gasteiger partial charge in [-0.05, 0) is 71.9 Å². The molecular weight excluding hydrogens is 456 g/mol. The summed E-state index contributed by atoms with van der Waals surface area (Å²) in [6, 6.07) is 14.3. The summed E-state index contributed by atoms with van der Waals surface area (Å²) in [5.74, 6) is 0. The quantitative estimate of drug-likeness (QED) is 0.275. The first-order valence-corrected chi connectivity index (χ1v) is 14.5. The van der Waals surface area contributed by atoms with Gasteiger partial charge in [-0.15, -0.1) is 0 Å². The van der Waals surface area contributed by atoms with Crippen LogP contribution in [-0.4, -0.2) is 38.5 Å². The summed E-state index contributed by atoms with van der Waals surface area (Å²) in [6.07, 6.45) is 9.00. The number of fused-ring (bicyclic) bond motifs is 2. The summed E-state index contributed by atoms with van der Waals surface area (Å²) in [5, 5.41) is 9.21. The van der Waals surface area contributed by atoms with Crippen molar-refractivity contribution < 1.29 is 9.84 Å². The molecule has 0 saturated carbocycles. The highest BCUT2D eigenvalue weighted by Gasteiger charge is 2.30. The molecule has 0 bridgehead atoms. The molecule has 0 radical (unpaired) electrons. The van der Waals surface area contributed by atoms with Gasteiger partial charge in [-0.2, -0.15) is 0 Å². The van der Waals surface area contributed by atoms with Crippen molar-refractivity contribution in [2.24, 2.45) is 0 Å². The van der Waals surface area contributed by atoms with E-state index in [0.717, 1.165) is 51.8 Å². The van der Waals surface area contributed by atoms with Crippen LogP contribution in [0.2, 0.25) is 0 Å². The van der Waals surface area contributed by atoms with Crippen LogP contribution in [0.1, 0.15) is 104 Å². The molecule has 206 valence electrons. The lowest BCUT2D eigenvalue weighted by molar-refractivity contribution is 0.192. The summed E-state index contributed by atoms with van der Waals surface area (Å²) >= 11 is 0. The maximum atomic E-state index is 9.21. The molecule has 0 aliphatic carbocycles. The predicted molar refractivity (Wildman–Crippen MR) is 160 cm³/mol. The molecule has 0 unspecified atom stereocenters. The lowest BCUT2D eigenvalue weighted by atomic mass is 9.85. The molecule has 2 aromatic rings. The van der Waals surface area contributed by atoms with Crippen molar-refractivity contribution in [1.29, 1.82) is 0 Å². The van der Waals surface area contributed by atoms with E-state index in [9.17, 15) is 5.11 Å². The number of methoxy groups -OCH3 is 1. The van der Waals surface area contributed by atoms with Gasteiger partial charge in [-0.25, -0.2) is 0 Å². The SMILES string of the molecule is COCCCCCCN1c2ccc(C(C)(C)C)cc2N(CCCCCCO)c2ccc(C(C)(C)C)cc21. The van der Waals surface area contributed by atoms with Gasteiger partial charge in [0.2, 0.25) is 0 Å². The summed E-state index contributed by atoms with van der Waals surface area (Å²) in [6.45, 7) is 17.0. The standard InChI is InChI=1S/C33H52N2O2/c1-32(2,3)26-17-19-29-30(24-26)34(20-12-8-10-14-22-36)28-18-16-27(33(4,5)6)25-31(28)35(29)21-13-9-11-15-23-37-7/h16-19,24-25,36H,8-15,20-23H2,1-7H3. The molecule has 4 heteroatoms. The minimum atomic E-state index is 0.102. The highest BCUT2D eigenvalue weighted by Crippen LogP contribution is 2.50. The van der Waals surface area contributed by atoms with Gasteiger partial charge in [0, 0.05) is 33.4 Å². The average Bonchev–Trinajstić information content (AvgIpc) is 2.84. The molecule has 0 fully saturated rings. The van der Waals surface area contributed by atoms with Crippen molar-refractivity contribution in [2.75, 3.05) is 43.2 Å². The van der Waals surface area contributed by atoms with Crippen LogP contribution in [0.3, 0.4) is 0 Å². The Labute approximate surface area is 227 Å². The number of anilines is 4. The van der Waals surface area contributed by atoms with Gasteiger partial charge in [0.05, 0.1) is 22.7 Å². The third-order valence-corrected chi connectivity index (χ3v) is 7.62. The number of aliphatic hydroxyl groups excluding tert-OH is 1. The van der Waals surface area contributed by atoms with Gasteiger partial charge in [0.25, 0.3) is 0 Å². The van der Waals surface area contributed by atoms with Gasteiger partial charge in [-0.3, -0.25) is 0 Å². The van der Waals surface area contributed by atoms with E-state index < -0.39 is 0 Å². The molecule has 1 aliphatic rings. The van der Waals surface area contributed by atoms with Crippen molar-refractivity contribution in [3.63, 3.8) is 0 Å². The zero-order valence-corrected chi connectivity index (χ0v) is 24.7. The Balaban J connectivity index is 2.00. The number of nitrogens with zero attached hydrogens (tertiary/aromatic N) is 2. The molecule has 4 nitrogen and oxygen atoms in total. The maximum Gasteiger partial charge on any atom is 0.0655 e. The summed E-state index contributed by atoms with van der Waals surface area (Å²) < 4.78 is 5.25. The summed E-state index contributed by atoms with van der Waals surface area (Å²) in [7, 11) is 1.79. The molecule has 0 atom stereocenters. The lowest BCUT2D eigenvalue weighted by Gasteiger charge is -2.42. The topological polar surface area (TPSA) is 35.9 Å². The van der Waals surface area contributed by atoms with Crippen LogP contribution in [0, 0.1) is 0 Å². The average molecular weight is 509 g/mol. The fourth-order valence-corrected chi connectivity index (χ4v) is 5.22. The van der Waals surface area contributed by atoms with E-state index in [2.05, 4.69) is 87.7 Å². The molecule has 0 aromatic heterocycles. The van der Waals surface area contributed by atoms with E-state index in [1.54, 1.807) is 7.11 Å². The molecule has 0 amide bonds. The Morgan fingerprint density at radius 2 is 1.03 bits per heavy atom. The van der Waals surface area contributed by atoms with E-state index in [1.807, 2.05) is 0 Å². The monoisotopic (exact) mass is 508 g/mol. The third kappa shape index (κ3) is 7.74. The minimum absolute atomic E-state index is 0.102. The predicted octanol–water partition coefficient (Wildman–Crippen LogP) is 8.63. The van der Waals surface area contributed by atoms with Crippen molar-refractivity contribution in [1.82, 2.24) is 0 Å². The summed E-state index contributed by atoms with van der Waals surface area (Å²) in [4.78, 5) is 5.16. The van der Waals surface area contributed by atoms with Gasteiger partial charge < -0.3 is 19.6 Å². The van der Waals surface area contributed by atoms with Crippen LogP contribution >= 0.6 is 0 Å². The first kappa shape index (κ1) is 29.5. The van der Waals surface area contributed by atoms with Gasteiger partial charge >= 0.3 is 0 Å². The van der Waals surface area contributed by atoms with E-state index >= 15 is 0 Å². The largest absolute Gasteiger partial charge is 0.396 e. The second-order valence-corrected chi connectivity index (χ2v) is 12.8. The molecule has 1 N–H and O–H groups in total. The second-order valence-electron chi connectivity index (χ2n) is 12.8. The fourth-order valence-electron chi connectivity index (χ4n) is 5.22. The molecular formula is C33H52N2O2. The van der Waals surface area contributed by atoms with Gasteiger partial charge in [0.15, 0.2) is 0 Å². The molecule has 0 spiro atoms. The molecule has 37 heavy (non-hydrogen) atoms. The van der Waals surface area contributed by atoms with Gasteiger partial charge in [-0.1, -0.05) is 79.4 Å². The van der Waals surface area contributed by atoms with Crippen molar-refractivity contribution >= 4 is 22.7 Å². The Morgan fingerprint density at radius 1 is 0.595 bits per heavy atom. The Bertz CT molecular complexity index is 987. The molecule has 1 aliphatic heterocycles. The smallest absolute Gasteiger partial charge is 0.0655 e. The number of aliphatic hydroxyl groups is 1. The highest BCUT2D eigenvalue weighted by atomic mass is 16.5. The number of rotatable bonds is 13. The first-order valence-electron chi connectivity index (χ1n) is 14.5. The number of unbranched alkanes of at least 4 members (excludes halogenated alkanes) is 6. The Kier molecular flexibility index (Phi) is 10.5. The van der Waals surface area contributed by atoms with E-state index in [1.165, 1.54) is 53.1 Å². The number of hydrogen-bond acceptors (Lipinski definition) is 4. The Morgan fingerprint density at radius 3 is 1.43 bits per heavy atom. The van der Waals surface area contributed by atoms with Crippen LogP contribution in [0.15, 0.2) is 36.4 Å². The molecule has 2 aromatic carbocycles. The van der Waals surface area contributed by atoms with Crippen LogP contribution < -0.4 is 9.80 Å². The third-order valence-electron chi connectivity index (χ3n) is 7.62.